The van der Waals surface area contributed by atoms with E-state index in [9.17, 15) is 14.4 Å². The van der Waals surface area contributed by atoms with Crippen molar-refractivity contribution in [2.75, 3.05) is 7.05 Å². The van der Waals surface area contributed by atoms with Crippen LogP contribution in [0.2, 0.25) is 5.02 Å². The Kier molecular flexibility index (Phi) is 7.56. The lowest BCUT2D eigenvalue weighted by atomic mass is 10.0. The summed E-state index contributed by atoms with van der Waals surface area (Å²) in [4.78, 5) is 36.9. The summed E-state index contributed by atoms with van der Waals surface area (Å²) >= 11 is 6.19. The SMILES string of the molecule is CC(C)C[C@H](NC(=O)c1ccc(-c2ccc(C(=O)O)cc2Cl)cc1)C(=O)N(C)C#N. The monoisotopic (exact) mass is 427 g/mol. The molecule has 0 aliphatic carbocycles. The molecular formula is C22H22ClN3O4. The molecule has 8 heteroatoms. The zero-order valence-corrected chi connectivity index (χ0v) is 17.6. The van der Waals surface area contributed by atoms with Gasteiger partial charge < -0.3 is 10.4 Å². The van der Waals surface area contributed by atoms with Crippen molar-refractivity contribution in [3.8, 4) is 17.3 Å². The lowest BCUT2D eigenvalue weighted by Gasteiger charge is -2.21. The Labute approximate surface area is 179 Å². The van der Waals surface area contributed by atoms with E-state index in [2.05, 4.69) is 5.32 Å². The van der Waals surface area contributed by atoms with Crippen molar-refractivity contribution >= 4 is 29.4 Å². The third-order valence-electron chi connectivity index (χ3n) is 4.47. The molecule has 0 radical (unpaired) electrons. The van der Waals surface area contributed by atoms with Crippen LogP contribution in [0.4, 0.5) is 0 Å². The minimum absolute atomic E-state index is 0.0861. The number of carbonyl (C=O) groups is 3. The van der Waals surface area contributed by atoms with Crippen LogP contribution < -0.4 is 5.32 Å². The number of hydrogen-bond donors (Lipinski definition) is 2. The number of carboxylic acids is 1. The molecule has 7 nitrogen and oxygen atoms in total. The molecule has 0 saturated heterocycles. The van der Waals surface area contributed by atoms with Gasteiger partial charge >= 0.3 is 5.97 Å². The highest BCUT2D eigenvalue weighted by Gasteiger charge is 2.25. The normalized spacial score (nSPS) is 11.5. The van der Waals surface area contributed by atoms with Crippen LogP contribution in [0.1, 0.15) is 41.0 Å². The molecule has 0 aromatic heterocycles. The molecular weight excluding hydrogens is 406 g/mol. The summed E-state index contributed by atoms with van der Waals surface area (Å²) in [6.07, 6.45) is 2.16. The van der Waals surface area contributed by atoms with Crippen LogP contribution in [-0.2, 0) is 4.79 Å². The van der Waals surface area contributed by atoms with Gasteiger partial charge in [0.2, 0.25) is 0 Å². The van der Waals surface area contributed by atoms with Crippen LogP contribution in [0.15, 0.2) is 42.5 Å². The van der Waals surface area contributed by atoms with Crippen molar-refractivity contribution in [3.63, 3.8) is 0 Å². The van der Waals surface area contributed by atoms with E-state index in [0.29, 0.717) is 23.1 Å². The van der Waals surface area contributed by atoms with Gasteiger partial charge in [-0.25, -0.2) is 4.79 Å². The second-order valence-corrected chi connectivity index (χ2v) is 7.64. The Morgan fingerprint density at radius 2 is 1.73 bits per heavy atom. The Hall–Kier alpha value is -3.37. The lowest BCUT2D eigenvalue weighted by molar-refractivity contribution is -0.129. The van der Waals surface area contributed by atoms with E-state index in [0.717, 1.165) is 4.90 Å². The zero-order chi connectivity index (χ0) is 22.4. The van der Waals surface area contributed by atoms with Gasteiger partial charge in [-0.15, -0.1) is 0 Å². The number of benzene rings is 2. The highest BCUT2D eigenvalue weighted by Crippen LogP contribution is 2.29. The molecule has 156 valence electrons. The number of halogens is 1. The number of nitriles is 1. The fourth-order valence-electron chi connectivity index (χ4n) is 2.90. The lowest BCUT2D eigenvalue weighted by Crippen LogP contribution is -2.46. The summed E-state index contributed by atoms with van der Waals surface area (Å²) < 4.78 is 0. The average Bonchev–Trinajstić information content (AvgIpc) is 2.71. The number of likely N-dealkylation sites (N-methyl/N-ethyl adjacent to an activating group) is 1. The Bertz CT molecular complexity index is 996. The van der Waals surface area contributed by atoms with Crippen molar-refractivity contribution in [2.24, 2.45) is 5.92 Å². The van der Waals surface area contributed by atoms with Gasteiger partial charge in [0, 0.05) is 23.2 Å². The topological polar surface area (TPSA) is 110 Å². The first-order valence-corrected chi connectivity index (χ1v) is 9.63. The molecule has 1 atom stereocenters. The first-order valence-electron chi connectivity index (χ1n) is 9.25. The fourth-order valence-corrected chi connectivity index (χ4v) is 3.19. The molecule has 0 fully saturated rings. The van der Waals surface area contributed by atoms with E-state index < -0.39 is 23.8 Å². The number of carboxylic acid groups (broad SMARTS) is 1. The van der Waals surface area contributed by atoms with Gasteiger partial charge in [-0.2, -0.15) is 5.26 Å². The highest BCUT2D eigenvalue weighted by atomic mass is 35.5. The summed E-state index contributed by atoms with van der Waals surface area (Å²) in [6, 6.07) is 10.2. The van der Waals surface area contributed by atoms with Gasteiger partial charge in [0.15, 0.2) is 6.19 Å². The van der Waals surface area contributed by atoms with Crippen molar-refractivity contribution in [1.29, 1.82) is 5.26 Å². The van der Waals surface area contributed by atoms with Gasteiger partial charge in [0.05, 0.1) is 5.56 Å². The molecule has 2 aromatic rings. The average molecular weight is 428 g/mol. The van der Waals surface area contributed by atoms with E-state index in [-0.39, 0.29) is 16.5 Å². The predicted molar refractivity (Wildman–Crippen MR) is 113 cm³/mol. The standard InChI is InChI=1S/C22H22ClN3O4/c1-13(2)10-19(21(28)26(3)12-24)25-20(27)15-6-4-14(5-7-15)17-9-8-16(22(29)30)11-18(17)23/h4-9,11,13,19H,10H2,1-3H3,(H,25,27)(H,29,30)/t19-/m0/s1. The van der Waals surface area contributed by atoms with Crippen LogP contribution in [0.3, 0.4) is 0 Å². The Morgan fingerprint density at radius 3 is 2.23 bits per heavy atom. The number of nitrogens with zero attached hydrogens (tertiary/aromatic N) is 2. The Morgan fingerprint density at radius 1 is 1.13 bits per heavy atom. The molecule has 0 spiro atoms. The fraction of sp³-hybridized carbons (Fsp3) is 0.273. The van der Waals surface area contributed by atoms with Gasteiger partial charge in [-0.05, 0) is 42.2 Å². The maximum atomic E-state index is 12.6. The van der Waals surface area contributed by atoms with Crippen LogP contribution in [0, 0.1) is 17.4 Å². The highest BCUT2D eigenvalue weighted by molar-refractivity contribution is 6.33. The van der Waals surface area contributed by atoms with E-state index in [1.807, 2.05) is 13.8 Å². The van der Waals surface area contributed by atoms with E-state index in [1.54, 1.807) is 36.5 Å². The van der Waals surface area contributed by atoms with Crippen molar-refractivity contribution < 1.29 is 19.5 Å². The molecule has 2 N–H and O–H groups in total. The van der Waals surface area contributed by atoms with Gasteiger partial charge in [-0.1, -0.05) is 43.6 Å². The number of carbonyl (C=O) groups excluding carboxylic acids is 2. The molecule has 30 heavy (non-hydrogen) atoms. The zero-order valence-electron chi connectivity index (χ0n) is 16.8. The summed E-state index contributed by atoms with van der Waals surface area (Å²) in [6.45, 7) is 3.85. The first kappa shape index (κ1) is 22.9. The molecule has 0 bridgehead atoms. The molecule has 0 aliphatic rings. The second-order valence-electron chi connectivity index (χ2n) is 7.23. The third kappa shape index (κ3) is 5.58. The van der Waals surface area contributed by atoms with Gasteiger partial charge in [-0.3, -0.25) is 14.5 Å². The van der Waals surface area contributed by atoms with Crippen LogP contribution >= 0.6 is 11.6 Å². The minimum Gasteiger partial charge on any atom is -0.478 e. The van der Waals surface area contributed by atoms with Gasteiger partial charge in [0.25, 0.3) is 11.8 Å². The summed E-state index contributed by atoms with van der Waals surface area (Å²) in [5, 5.41) is 21.0. The Balaban J connectivity index is 2.20. The van der Waals surface area contributed by atoms with Crippen LogP contribution in [0.25, 0.3) is 11.1 Å². The summed E-state index contributed by atoms with van der Waals surface area (Å²) in [7, 11) is 1.36. The van der Waals surface area contributed by atoms with E-state index in [4.69, 9.17) is 22.0 Å². The summed E-state index contributed by atoms with van der Waals surface area (Å²) in [5.41, 5.74) is 1.78. The molecule has 0 aliphatic heterocycles. The first-order chi connectivity index (χ1) is 14.1. The maximum Gasteiger partial charge on any atom is 0.335 e. The molecule has 0 heterocycles. The number of nitrogens with one attached hydrogen (secondary N) is 1. The van der Waals surface area contributed by atoms with Crippen molar-refractivity contribution in [3.05, 3.63) is 58.6 Å². The van der Waals surface area contributed by atoms with Crippen LogP contribution in [0.5, 0.6) is 0 Å². The molecule has 2 aromatic carbocycles. The maximum absolute atomic E-state index is 12.6. The van der Waals surface area contributed by atoms with E-state index in [1.165, 1.54) is 19.2 Å². The number of aromatic carboxylic acids is 1. The smallest absolute Gasteiger partial charge is 0.335 e. The van der Waals surface area contributed by atoms with Crippen molar-refractivity contribution in [2.45, 2.75) is 26.3 Å². The summed E-state index contributed by atoms with van der Waals surface area (Å²) in [5.74, 6) is -1.83. The molecule has 2 rings (SSSR count). The van der Waals surface area contributed by atoms with Gasteiger partial charge in [0.1, 0.15) is 6.04 Å². The third-order valence-corrected chi connectivity index (χ3v) is 4.78. The molecule has 0 unspecified atom stereocenters. The van der Waals surface area contributed by atoms with Crippen molar-refractivity contribution in [1.82, 2.24) is 10.2 Å². The number of hydrogen-bond acceptors (Lipinski definition) is 4. The number of rotatable bonds is 7. The van der Waals surface area contributed by atoms with Crippen LogP contribution in [-0.4, -0.2) is 40.9 Å². The molecule has 0 saturated carbocycles. The predicted octanol–water partition coefficient (Wildman–Crippen LogP) is 3.79. The quantitative estimate of drug-likeness (QED) is 0.516. The minimum atomic E-state index is -1.07. The molecule has 2 amide bonds. The largest absolute Gasteiger partial charge is 0.478 e. The second kappa shape index (κ2) is 9.90. The van der Waals surface area contributed by atoms with E-state index >= 15 is 0 Å². The number of amides is 2.